The van der Waals surface area contributed by atoms with Crippen molar-refractivity contribution in [3.05, 3.63) is 81.4 Å². The molecule has 0 saturated carbocycles. The Morgan fingerprint density at radius 1 is 1.13 bits per heavy atom. The Kier molecular flexibility index (Phi) is 4.75. The first-order valence-electron chi connectivity index (χ1n) is 10.3. The lowest BCUT2D eigenvalue weighted by Crippen LogP contribution is -2.41. The van der Waals surface area contributed by atoms with E-state index in [0.29, 0.717) is 37.8 Å². The molecule has 0 aromatic heterocycles. The van der Waals surface area contributed by atoms with Crippen molar-refractivity contribution in [2.45, 2.75) is 18.4 Å². The summed E-state index contributed by atoms with van der Waals surface area (Å²) in [6, 6.07) is 12.7. The van der Waals surface area contributed by atoms with Crippen LogP contribution in [0.4, 0.5) is 11.4 Å². The number of nitrogens with one attached hydrogen (secondary N) is 1. The van der Waals surface area contributed by atoms with Gasteiger partial charge in [-0.3, -0.25) is 14.9 Å². The molecule has 0 unspecified atom stereocenters. The average molecular weight is 405 g/mol. The summed E-state index contributed by atoms with van der Waals surface area (Å²) in [6.45, 7) is 2.32. The van der Waals surface area contributed by atoms with Crippen molar-refractivity contribution in [2.75, 3.05) is 31.6 Å². The molecule has 0 spiro atoms. The molecular formula is C23H23N3O4. The van der Waals surface area contributed by atoms with Crippen molar-refractivity contribution >= 4 is 17.3 Å². The zero-order valence-electron chi connectivity index (χ0n) is 16.5. The van der Waals surface area contributed by atoms with Crippen LogP contribution in [0.5, 0.6) is 0 Å². The zero-order chi connectivity index (χ0) is 20.7. The highest BCUT2D eigenvalue weighted by atomic mass is 16.6. The number of non-ortho nitro benzene ring substituents is 1. The lowest BCUT2D eigenvalue weighted by molar-refractivity contribution is -0.384. The van der Waals surface area contributed by atoms with E-state index in [9.17, 15) is 14.9 Å². The lowest BCUT2D eigenvalue weighted by Gasteiger charge is -2.39. The van der Waals surface area contributed by atoms with Gasteiger partial charge in [-0.15, -0.1) is 0 Å². The van der Waals surface area contributed by atoms with Crippen LogP contribution >= 0.6 is 0 Å². The number of carbonyl (C=O) groups is 1. The van der Waals surface area contributed by atoms with E-state index in [1.165, 1.54) is 0 Å². The number of anilines is 1. The Balaban J connectivity index is 1.52. The Labute approximate surface area is 174 Å². The molecule has 1 amide bonds. The summed E-state index contributed by atoms with van der Waals surface area (Å²) in [6.07, 6.45) is 5.35. The number of benzene rings is 2. The molecule has 5 rings (SSSR count). The normalized spacial score (nSPS) is 24.7. The fourth-order valence-corrected chi connectivity index (χ4v) is 4.87. The first-order chi connectivity index (χ1) is 14.6. The van der Waals surface area contributed by atoms with Gasteiger partial charge in [-0.2, -0.15) is 0 Å². The number of allylic oxidation sites excluding steroid dienone is 2. The zero-order valence-corrected chi connectivity index (χ0v) is 16.5. The number of hydrogen-bond acceptors (Lipinski definition) is 5. The Morgan fingerprint density at radius 3 is 2.63 bits per heavy atom. The number of hydrogen-bond donors (Lipinski definition) is 1. The van der Waals surface area contributed by atoms with Crippen molar-refractivity contribution in [1.82, 2.24) is 4.90 Å². The first kappa shape index (κ1) is 18.8. The Bertz CT molecular complexity index is 1010. The molecule has 2 aliphatic heterocycles. The van der Waals surface area contributed by atoms with Gasteiger partial charge in [-0.05, 0) is 29.5 Å². The maximum absolute atomic E-state index is 13.3. The van der Waals surface area contributed by atoms with Gasteiger partial charge in [-0.25, -0.2) is 0 Å². The number of carbonyl (C=O) groups excluding carboxylic acids is 1. The van der Waals surface area contributed by atoms with E-state index in [1.54, 1.807) is 12.1 Å². The van der Waals surface area contributed by atoms with Crippen molar-refractivity contribution < 1.29 is 14.5 Å². The van der Waals surface area contributed by atoms with Gasteiger partial charge in [0.2, 0.25) is 0 Å². The predicted octanol–water partition coefficient (Wildman–Crippen LogP) is 3.89. The van der Waals surface area contributed by atoms with Crippen LogP contribution in [0.25, 0.3) is 0 Å². The third kappa shape index (κ3) is 3.15. The fourth-order valence-electron chi connectivity index (χ4n) is 4.87. The highest BCUT2D eigenvalue weighted by molar-refractivity contribution is 6.01. The van der Waals surface area contributed by atoms with Crippen molar-refractivity contribution in [2.24, 2.45) is 5.92 Å². The molecule has 3 aliphatic rings. The minimum Gasteiger partial charge on any atom is -0.378 e. The van der Waals surface area contributed by atoms with Gasteiger partial charge in [0.05, 0.1) is 35.4 Å². The van der Waals surface area contributed by atoms with Crippen LogP contribution in [0.15, 0.2) is 54.6 Å². The van der Waals surface area contributed by atoms with Crippen LogP contribution in [-0.2, 0) is 4.74 Å². The number of nitro benzene ring substituents is 1. The molecule has 2 aromatic rings. The maximum Gasteiger partial charge on any atom is 0.269 e. The van der Waals surface area contributed by atoms with Crippen LogP contribution in [-0.4, -0.2) is 42.0 Å². The number of fused-ring (bicyclic) bond motifs is 3. The summed E-state index contributed by atoms with van der Waals surface area (Å²) in [4.78, 5) is 25.8. The molecule has 2 heterocycles. The molecule has 0 bridgehead atoms. The van der Waals surface area contributed by atoms with E-state index in [4.69, 9.17) is 4.74 Å². The number of nitrogens with zero attached hydrogens (tertiary/aromatic N) is 2. The van der Waals surface area contributed by atoms with E-state index in [0.717, 1.165) is 23.2 Å². The molecule has 0 radical (unpaired) electrons. The van der Waals surface area contributed by atoms with Gasteiger partial charge < -0.3 is 15.0 Å². The molecule has 1 saturated heterocycles. The monoisotopic (exact) mass is 405 g/mol. The summed E-state index contributed by atoms with van der Waals surface area (Å²) in [7, 11) is 0. The Morgan fingerprint density at radius 2 is 1.90 bits per heavy atom. The molecule has 1 aliphatic carbocycles. The lowest BCUT2D eigenvalue weighted by atomic mass is 9.76. The first-order valence-corrected chi connectivity index (χ1v) is 10.3. The fraction of sp³-hybridized carbons (Fsp3) is 0.348. The van der Waals surface area contributed by atoms with Crippen LogP contribution < -0.4 is 5.32 Å². The van der Waals surface area contributed by atoms with Gasteiger partial charge in [0.1, 0.15) is 0 Å². The summed E-state index contributed by atoms with van der Waals surface area (Å²) in [5, 5.41) is 14.7. The van der Waals surface area contributed by atoms with E-state index in [1.807, 2.05) is 29.2 Å². The van der Waals surface area contributed by atoms with Crippen LogP contribution in [0, 0.1) is 16.0 Å². The molecule has 1 fully saturated rings. The third-order valence-corrected chi connectivity index (χ3v) is 6.39. The van der Waals surface area contributed by atoms with Crippen LogP contribution in [0.2, 0.25) is 0 Å². The SMILES string of the molecule is O=C(c1cccc2c1N[C@H](c1ccc([N+](=O)[O-])cc1)[C@@H]1CC=C[C@H]21)N1CCOCC1. The second-order valence-corrected chi connectivity index (χ2v) is 8.00. The Hall–Kier alpha value is -3.19. The number of rotatable bonds is 3. The second-order valence-electron chi connectivity index (χ2n) is 8.00. The summed E-state index contributed by atoms with van der Waals surface area (Å²) < 4.78 is 5.39. The van der Waals surface area contributed by atoms with E-state index in [-0.39, 0.29) is 28.5 Å². The average Bonchev–Trinajstić information content (AvgIpc) is 3.28. The van der Waals surface area contributed by atoms with E-state index < -0.39 is 0 Å². The largest absolute Gasteiger partial charge is 0.378 e. The molecule has 7 nitrogen and oxygen atoms in total. The van der Waals surface area contributed by atoms with Crippen LogP contribution in [0.1, 0.15) is 39.9 Å². The van der Waals surface area contributed by atoms with E-state index in [2.05, 4.69) is 23.5 Å². The summed E-state index contributed by atoms with van der Waals surface area (Å²) in [5.74, 6) is 0.553. The van der Waals surface area contributed by atoms with Crippen molar-refractivity contribution in [1.29, 1.82) is 0 Å². The highest BCUT2D eigenvalue weighted by Gasteiger charge is 2.39. The quantitative estimate of drug-likeness (QED) is 0.476. The van der Waals surface area contributed by atoms with Gasteiger partial charge in [0.15, 0.2) is 0 Å². The van der Waals surface area contributed by atoms with Crippen molar-refractivity contribution in [3.63, 3.8) is 0 Å². The number of para-hydroxylation sites is 1. The maximum atomic E-state index is 13.3. The molecule has 2 aromatic carbocycles. The molecule has 7 heteroatoms. The number of amides is 1. The van der Waals surface area contributed by atoms with Gasteiger partial charge in [0, 0.05) is 31.1 Å². The molecule has 3 atom stereocenters. The van der Waals surface area contributed by atoms with E-state index >= 15 is 0 Å². The summed E-state index contributed by atoms with van der Waals surface area (Å²) >= 11 is 0. The minimum atomic E-state index is -0.383. The summed E-state index contributed by atoms with van der Waals surface area (Å²) in [5.41, 5.74) is 3.79. The number of ether oxygens (including phenoxy) is 1. The molecule has 154 valence electrons. The van der Waals surface area contributed by atoms with Crippen molar-refractivity contribution in [3.8, 4) is 0 Å². The molecule has 30 heavy (non-hydrogen) atoms. The smallest absolute Gasteiger partial charge is 0.269 e. The highest BCUT2D eigenvalue weighted by Crippen LogP contribution is 2.50. The van der Waals surface area contributed by atoms with Crippen LogP contribution in [0.3, 0.4) is 0 Å². The predicted molar refractivity (Wildman–Crippen MR) is 113 cm³/mol. The second kappa shape index (κ2) is 7.57. The third-order valence-electron chi connectivity index (χ3n) is 6.39. The molecule has 1 N–H and O–H groups in total. The molecular weight excluding hydrogens is 382 g/mol. The van der Waals surface area contributed by atoms with Gasteiger partial charge in [0.25, 0.3) is 11.6 Å². The number of nitro groups is 1. The minimum absolute atomic E-state index is 0.0167. The van der Waals surface area contributed by atoms with Gasteiger partial charge >= 0.3 is 0 Å². The number of morpholine rings is 1. The van der Waals surface area contributed by atoms with Gasteiger partial charge in [-0.1, -0.05) is 36.4 Å². The standard InChI is InChI=1S/C23H23N3O4/c27-23(25-11-13-30-14-12-25)20-6-2-5-19-17-3-1-4-18(17)21(24-22(19)20)15-7-9-16(10-8-15)26(28)29/h1-3,5-10,17-18,21,24H,4,11-14H2/t17-,18+,21+/m0/s1. The topological polar surface area (TPSA) is 84.7 Å².